The smallest absolute Gasteiger partial charge is 0.0368 e. The Labute approximate surface area is 110 Å². The molecule has 3 rings (SSSR count). The van der Waals surface area contributed by atoms with Crippen molar-refractivity contribution < 1.29 is 0 Å². The summed E-state index contributed by atoms with van der Waals surface area (Å²) in [6, 6.07) is 12.1. The van der Waals surface area contributed by atoms with Crippen molar-refractivity contribution in [2.24, 2.45) is 11.7 Å². The lowest BCUT2D eigenvalue weighted by molar-refractivity contribution is 0.373. The zero-order valence-electron chi connectivity index (χ0n) is 11.1. The van der Waals surface area contributed by atoms with E-state index in [1.54, 1.807) is 0 Å². The minimum Gasteiger partial charge on any atom is -0.368 e. The van der Waals surface area contributed by atoms with Crippen LogP contribution in [0.5, 0.6) is 0 Å². The predicted octanol–water partition coefficient (Wildman–Crippen LogP) is 3.17. The highest BCUT2D eigenvalue weighted by atomic mass is 15.2. The molecule has 0 atom stereocenters. The fraction of sp³-hybridized carbons (Fsp3) is 0.625. The Bertz CT molecular complexity index is 364. The van der Waals surface area contributed by atoms with E-state index in [9.17, 15) is 0 Å². The van der Waals surface area contributed by atoms with Crippen molar-refractivity contribution in [3.8, 4) is 0 Å². The highest BCUT2D eigenvalue weighted by molar-refractivity contribution is 5.47. The Morgan fingerprint density at radius 2 is 1.61 bits per heavy atom. The number of nitrogens with two attached hydrogens (primary N) is 1. The molecule has 0 heterocycles. The Morgan fingerprint density at radius 1 is 0.944 bits per heavy atom. The third-order valence-corrected chi connectivity index (χ3v) is 4.42. The summed E-state index contributed by atoms with van der Waals surface area (Å²) in [5.41, 5.74) is 7.44. The molecule has 2 aliphatic carbocycles. The minimum atomic E-state index is 0.444. The van der Waals surface area contributed by atoms with Crippen molar-refractivity contribution in [2.75, 3.05) is 11.4 Å². The monoisotopic (exact) mass is 244 g/mol. The summed E-state index contributed by atoms with van der Waals surface area (Å²) in [4.78, 5) is 2.66. The lowest BCUT2D eigenvalue weighted by atomic mass is 9.90. The third-order valence-electron chi connectivity index (χ3n) is 4.42. The third kappa shape index (κ3) is 2.86. The van der Waals surface area contributed by atoms with E-state index in [0.717, 1.165) is 5.92 Å². The highest BCUT2D eigenvalue weighted by Gasteiger charge is 2.30. The molecule has 0 aromatic heterocycles. The van der Waals surface area contributed by atoms with Crippen molar-refractivity contribution in [3.63, 3.8) is 0 Å². The first-order valence-electron chi connectivity index (χ1n) is 7.40. The maximum atomic E-state index is 6.03. The molecule has 0 aliphatic heterocycles. The molecule has 0 saturated heterocycles. The summed E-state index contributed by atoms with van der Waals surface area (Å²) < 4.78 is 0. The molecule has 2 heteroatoms. The summed E-state index contributed by atoms with van der Waals surface area (Å²) in [6.45, 7) is 1.25. The van der Waals surface area contributed by atoms with Gasteiger partial charge in [-0.15, -0.1) is 0 Å². The minimum absolute atomic E-state index is 0.444. The standard InChI is InChI=1S/C16H24N2/c17-14-8-10-16(11-9-14)18(12-13-6-7-13)15-4-2-1-3-5-15/h1-5,13-14,16H,6-12,17H2/t14-,16+. The number of hydrogen-bond donors (Lipinski definition) is 1. The van der Waals surface area contributed by atoms with Crippen LogP contribution in [0.25, 0.3) is 0 Å². The van der Waals surface area contributed by atoms with E-state index in [-0.39, 0.29) is 0 Å². The number of rotatable bonds is 4. The molecule has 2 aliphatic rings. The Morgan fingerprint density at radius 3 is 2.22 bits per heavy atom. The lowest BCUT2D eigenvalue weighted by Crippen LogP contribution is -2.42. The van der Waals surface area contributed by atoms with Gasteiger partial charge in [-0.3, -0.25) is 0 Å². The van der Waals surface area contributed by atoms with Crippen molar-refractivity contribution in [1.29, 1.82) is 0 Å². The van der Waals surface area contributed by atoms with E-state index in [4.69, 9.17) is 5.73 Å². The number of benzene rings is 1. The first-order chi connectivity index (χ1) is 8.83. The van der Waals surface area contributed by atoms with E-state index < -0.39 is 0 Å². The van der Waals surface area contributed by atoms with Crippen LogP contribution in [-0.4, -0.2) is 18.6 Å². The van der Waals surface area contributed by atoms with Crippen LogP contribution in [0.4, 0.5) is 5.69 Å². The van der Waals surface area contributed by atoms with Crippen LogP contribution in [0.15, 0.2) is 30.3 Å². The second-order valence-electron chi connectivity index (χ2n) is 6.00. The zero-order valence-corrected chi connectivity index (χ0v) is 11.1. The van der Waals surface area contributed by atoms with E-state index in [1.807, 2.05) is 0 Å². The average Bonchev–Trinajstić information content (AvgIpc) is 3.22. The highest BCUT2D eigenvalue weighted by Crippen LogP contribution is 2.34. The largest absolute Gasteiger partial charge is 0.368 e. The second kappa shape index (κ2) is 5.31. The van der Waals surface area contributed by atoms with Gasteiger partial charge in [-0.1, -0.05) is 18.2 Å². The van der Waals surface area contributed by atoms with Crippen molar-refractivity contribution in [2.45, 2.75) is 50.6 Å². The lowest BCUT2D eigenvalue weighted by Gasteiger charge is -2.38. The van der Waals surface area contributed by atoms with Gasteiger partial charge in [0.05, 0.1) is 0 Å². The van der Waals surface area contributed by atoms with Crippen LogP contribution in [0, 0.1) is 5.92 Å². The molecule has 0 radical (unpaired) electrons. The van der Waals surface area contributed by atoms with Crippen LogP contribution >= 0.6 is 0 Å². The Kier molecular flexibility index (Phi) is 3.55. The molecule has 0 spiro atoms. The van der Waals surface area contributed by atoms with Crippen LogP contribution in [-0.2, 0) is 0 Å². The molecule has 2 fully saturated rings. The van der Waals surface area contributed by atoms with Gasteiger partial charge in [0.15, 0.2) is 0 Å². The van der Waals surface area contributed by atoms with Gasteiger partial charge in [-0.2, -0.15) is 0 Å². The molecule has 0 bridgehead atoms. The molecule has 0 unspecified atom stereocenters. The normalized spacial score (nSPS) is 28.1. The van der Waals surface area contributed by atoms with Crippen LogP contribution in [0.2, 0.25) is 0 Å². The van der Waals surface area contributed by atoms with Gasteiger partial charge >= 0.3 is 0 Å². The fourth-order valence-electron chi connectivity index (χ4n) is 3.08. The topological polar surface area (TPSA) is 29.3 Å². The predicted molar refractivity (Wildman–Crippen MR) is 76.7 cm³/mol. The van der Waals surface area contributed by atoms with E-state index >= 15 is 0 Å². The summed E-state index contributed by atoms with van der Waals surface area (Å²) in [6.07, 6.45) is 7.77. The first kappa shape index (κ1) is 12.0. The molecule has 2 saturated carbocycles. The molecular weight excluding hydrogens is 220 g/mol. The average molecular weight is 244 g/mol. The van der Waals surface area contributed by atoms with Gasteiger partial charge in [0.2, 0.25) is 0 Å². The number of anilines is 1. The second-order valence-corrected chi connectivity index (χ2v) is 6.00. The molecule has 98 valence electrons. The molecule has 0 amide bonds. The zero-order chi connectivity index (χ0) is 12.4. The van der Waals surface area contributed by atoms with Crippen molar-refractivity contribution in [3.05, 3.63) is 30.3 Å². The van der Waals surface area contributed by atoms with Gasteiger partial charge in [0.1, 0.15) is 0 Å². The van der Waals surface area contributed by atoms with Gasteiger partial charge < -0.3 is 10.6 Å². The summed E-state index contributed by atoms with van der Waals surface area (Å²) >= 11 is 0. The maximum absolute atomic E-state index is 6.03. The number of hydrogen-bond acceptors (Lipinski definition) is 2. The molecule has 18 heavy (non-hydrogen) atoms. The molecular formula is C16H24N2. The van der Waals surface area contributed by atoms with Gasteiger partial charge in [0, 0.05) is 24.3 Å². The van der Waals surface area contributed by atoms with Crippen LogP contribution in [0.1, 0.15) is 38.5 Å². The SMILES string of the molecule is N[C@H]1CC[C@@H](N(CC2CC2)c2ccccc2)CC1. The van der Waals surface area contributed by atoms with E-state index in [2.05, 4.69) is 35.2 Å². The Balaban J connectivity index is 1.72. The van der Waals surface area contributed by atoms with E-state index in [0.29, 0.717) is 12.1 Å². The fourth-order valence-corrected chi connectivity index (χ4v) is 3.08. The number of para-hydroxylation sites is 1. The van der Waals surface area contributed by atoms with E-state index in [1.165, 1.54) is 50.8 Å². The summed E-state index contributed by atoms with van der Waals surface area (Å²) in [7, 11) is 0. The number of nitrogens with zero attached hydrogens (tertiary/aromatic N) is 1. The quantitative estimate of drug-likeness (QED) is 0.881. The molecule has 2 nitrogen and oxygen atoms in total. The molecule has 1 aromatic carbocycles. The van der Waals surface area contributed by atoms with Crippen LogP contribution < -0.4 is 10.6 Å². The van der Waals surface area contributed by atoms with Gasteiger partial charge in [0.25, 0.3) is 0 Å². The molecule has 2 N–H and O–H groups in total. The van der Waals surface area contributed by atoms with Crippen LogP contribution in [0.3, 0.4) is 0 Å². The van der Waals surface area contributed by atoms with Crippen molar-refractivity contribution >= 4 is 5.69 Å². The van der Waals surface area contributed by atoms with Gasteiger partial charge in [-0.25, -0.2) is 0 Å². The summed E-state index contributed by atoms with van der Waals surface area (Å²) in [5.74, 6) is 0.945. The Hall–Kier alpha value is -1.02. The summed E-state index contributed by atoms with van der Waals surface area (Å²) in [5, 5.41) is 0. The van der Waals surface area contributed by atoms with Crippen molar-refractivity contribution in [1.82, 2.24) is 0 Å². The first-order valence-corrected chi connectivity index (χ1v) is 7.40. The van der Waals surface area contributed by atoms with Gasteiger partial charge in [-0.05, 0) is 56.6 Å². The molecule has 1 aromatic rings. The maximum Gasteiger partial charge on any atom is 0.0368 e.